The maximum absolute atomic E-state index is 5.38. The van der Waals surface area contributed by atoms with Crippen molar-refractivity contribution in [2.45, 2.75) is 39.2 Å². The van der Waals surface area contributed by atoms with Crippen molar-refractivity contribution in [2.75, 3.05) is 45.9 Å². The van der Waals surface area contributed by atoms with Crippen LogP contribution in [-0.2, 0) is 11.2 Å². The van der Waals surface area contributed by atoms with E-state index in [-0.39, 0.29) is 24.0 Å². The zero-order valence-corrected chi connectivity index (χ0v) is 17.8. The van der Waals surface area contributed by atoms with Crippen LogP contribution in [0.4, 0.5) is 0 Å². The van der Waals surface area contributed by atoms with Crippen LogP contribution >= 0.6 is 24.0 Å². The molecule has 25 heavy (non-hydrogen) atoms. The lowest BCUT2D eigenvalue weighted by atomic mass is 10.3. The minimum absolute atomic E-state index is 0. The molecule has 0 amide bonds. The van der Waals surface area contributed by atoms with Crippen molar-refractivity contribution in [1.29, 1.82) is 0 Å². The smallest absolute Gasteiger partial charge is 0.191 e. The van der Waals surface area contributed by atoms with Crippen LogP contribution in [0.5, 0.6) is 0 Å². The Kier molecular flexibility index (Phi) is 11.9. The fourth-order valence-corrected chi connectivity index (χ4v) is 2.56. The van der Waals surface area contributed by atoms with Crippen LogP contribution in [-0.4, -0.2) is 62.8 Å². The van der Waals surface area contributed by atoms with Gasteiger partial charge in [0, 0.05) is 45.2 Å². The molecule has 7 heteroatoms. The molecule has 1 fully saturated rings. The fraction of sp³-hybridized carbons (Fsp3) is 0.722. The van der Waals surface area contributed by atoms with Crippen molar-refractivity contribution in [1.82, 2.24) is 15.5 Å². The number of rotatable bonds is 9. The number of morpholine rings is 1. The number of hydrogen-bond acceptors (Lipinski definition) is 4. The van der Waals surface area contributed by atoms with Crippen molar-refractivity contribution in [3.8, 4) is 0 Å². The lowest BCUT2D eigenvalue weighted by Crippen LogP contribution is -2.43. The number of guanidine groups is 1. The maximum atomic E-state index is 5.38. The summed E-state index contributed by atoms with van der Waals surface area (Å²) in [6.45, 7) is 10.9. The summed E-state index contributed by atoms with van der Waals surface area (Å²) in [7, 11) is 0. The second-order valence-corrected chi connectivity index (χ2v) is 6.25. The summed E-state index contributed by atoms with van der Waals surface area (Å²) >= 11 is 0. The SMILES string of the molecule is CCC(C)NC(=NCCCN1CCOCC1)NCCc1ccco1.I. The third-order valence-corrected chi connectivity index (χ3v) is 4.25. The average Bonchev–Trinajstić information content (AvgIpc) is 3.12. The molecule has 1 atom stereocenters. The molecule has 144 valence electrons. The Hall–Kier alpha value is -0.800. The molecular weight excluding hydrogens is 431 g/mol. The lowest BCUT2D eigenvalue weighted by molar-refractivity contribution is 0.0377. The van der Waals surface area contributed by atoms with Crippen LogP contribution in [0.1, 0.15) is 32.4 Å². The Balaban J connectivity index is 0.00000312. The van der Waals surface area contributed by atoms with Gasteiger partial charge in [0.25, 0.3) is 0 Å². The van der Waals surface area contributed by atoms with E-state index in [4.69, 9.17) is 14.1 Å². The molecule has 6 nitrogen and oxygen atoms in total. The highest BCUT2D eigenvalue weighted by Gasteiger charge is 2.09. The molecule has 0 saturated carbocycles. The molecule has 0 radical (unpaired) electrons. The van der Waals surface area contributed by atoms with Gasteiger partial charge in [-0.15, -0.1) is 24.0 Å². The molecule has 1 aromatic rings. The van der Waals surface area contributed by atoms with E-state index in [2.05, 4.69) is 29.4 Å². The lowest BCUT2D eigenvalue weighted by Gasteiger charge is -2.26. The van der Waals surface area contributed by atoms with Crippen LogP contribution in [0.15, 0.2) is 27.8 Å². The first-order chi connectivity index (χ1) is 11.8. The van der Waals surface area contributed by atoms with Gasteiger partial charge in [0.15, 0.2) is 5.96 Å². The predicted octanol–water partition coefficient (Wildman–Crippen LogP) is 2.50. The molecule has 0 aromatic carbocycles. The minimum atomic E-state index is 0. The summed E-state index contributed by atoms with van der Waals surface area (Å²) in [6.07, 6.45) is 4.73. The Morgan fingerprint density at radius 2 is 2.16 bits per heavy atom. The summed E-state index contributed by atoms with van der Waals surface area (Å²) < 4.78 is 10.7. The Morgan fingerprint density at radius 3 is 2.84 bits per heavy atom. The molecule has 1 unspecified atom stereocenters. The van der Waals surface area contributed by atoms with Crippen molar-refractivity contribution < 1.29 is 9.15 Å². The largest absolute Gasteiger partial charge is 0.469 e. The van der Waals surface area contributed by atoms with E-state index in [0.717, 1.165) is 76.9 Å². The van der Waals surface area contributed by atoms with Crippen LogP contribution in [0.2, 0.25) is 0 Å². The van der Waals surface area contributed by atoms with E-state index >= 15 is 0 Å². The second kappa shape index (κ2) is 13.4. The number of furan rings is 1. The quantitative estimate of drug-likeness (QED) is 0.255. The van der Waals surface area contributed by atoms with Gasteiger partial charge in [0.2, 0.25) is 0 Å². The number of ether oxygens (including phenoxy) is 1. The van der Waals surface area contributed by atoms with Crippen molar-refractivity contribution in [2.24, 2.45) is 4.99 Å². The van der Waals surface area contributed by atoms with E-state index in [0.29, 0.717) is 6.04 Å². The average molecular weight is 464 g/mol. The Bertz CT molecular complexity index is 462. The van der Waals surface area contributed by atoms with Gasteiger partial charge in [-0.25, -0.2) is 0 Å². The number of halogens is 1. The van der Waals surface area contributed by atoms with Gasteiger partial charge in [0.1, 0.15) is 5.76 Å². The van der Waals surface area contributed by atoms with Crippen molar-refractivity contribution in [3.05, 3.63) is 24.2 Å². The van der Waals surface area contributed by atoms with Gasteiger partial charge in [-0.05, 0) is 31.9 Å². The Morgan fingerprint density at radius 1 is 1.36 bits per heavy atom. The molecule has 1 saturated heterocycles. The van der Waals surface area contributed by atoms with Gasteiger partial charge in [-0.3, -0.25) is 9.89 Å². The number of aliphatic imine (C=N–C) groups is 1. The first-order valence-electron chi connectivity index (χ1n) is 9.15. The van der Waals surface area contributed by atoms with Crippen LogP contribution in [0, 0.1) is 0 Å². The molecule has 2 heterocycles. The first-order valence-corrected chi connectivity index (χ1v) is 9.15. The standard InChI is InChI=1S/C18H32N4O2.HI/c1-3-16(2)21-18(20-9-7-17-6-4-13-24-17)19-8-5-10-22-11-14-23-15-12-22;/h4,6,13,16H,3,5,7-12,14-15H2,1-2H3,(H2,19,20,21);1H. The van der Waals surface area contributed by atoms with E-state index in [1.54, 1.807) is 6.26 Å². The molecule has 2 N–H and O–H groups in total. The van der Waals surface area contributed by atoms with Gasteiger partial charge in [0.05, 0.1) is 19.5 Å². The molecule has 1 aliphatic heterocycles. The predicted molar refractivity (Wildman–Crippen MR) is 113 cm³/mol. The van der Waals surface area contributed by atoms with Crippen LogP contribution < -0.4 is 10.6 Å². The molecule has 1 aromatic heterocycles. The highest BCUT2D eigenvalue weighted by atomic mass is 127. The zero-order valence-electron chi connectivity index (χ0n) is 15.5. The molecule has 2 rings (SSSR count). The summed E-state index contributed by atoms with van der Waals surface area (Å²) in [5, 5.41) is 6.87. The van der Waals surface area contributed by atoms with Crippen molar-refractivity contribution in [3.63, 3.8) is 0 Å². The van der Waals surface area contributed by atoms with Crippen LogP contribution in [0.25, 0.3) is 0 Å². The van der Waals surface area contributed by atoms with E-state index < -0.39 is 0 Å². The molecule has 1 aliphatic rings. The van der Waals surface area contributed by atoms with Crippen LogP contribution in [0.3, 0.4) is 0 Å². The number of hydrogen-bond donors (Lipinski definition) is 2. The Labute approximate surface area is 168 Å². The van der Waals surface area contributed by atoms with Gasteiger partial charge in [-0.2, -0.15) is 0 Å². The minimum Gasteiger partial charge on any atom is -0.469 e. The van der Waals surface area contributed by atoms with Gasteiger partial charge < -0.3 is 19.8 Å². The van der Waals surface area contributed by atoms with E-state index in [9.17, 15) is 0 Å². The summed E-state index contributed by atoms with van der Waals surface area (Å²) in [5.74, 6) is 1.90. The summed E-state index contributed by atoms with van der Waals surface area (Å²) in [4.78, 5) is 7.17. The molecule has 0 aliphatic carbocycles. The summed E-state index contributed by atoms with van der Waals surface area (Å²) in [6, 6.07) is 4.34. The third kappa shape index (κ3) is 9.46. The first kappa shape index (κ1) is 22.2. The van der Waals surface area contributed by atoms with Gasteiger partial charge >= 0.3 is 0 Å². The molecular formula is C18H33IN4O2. The normalized spacial score (nSPS) is 17.0. The summed E-state index contributed by atoms with van der Waals surface area (Å²) in [5.41, 5.74) is 0. The highest BCUT2D eigenvalue weighted by molar-refractivity contribution is 14.0. The topological polar surface area (TPSA) is 62.0 Å². The molecule has 0 spiro atoms. The fourth-order valence-electron chi connectivity index (χ4n) is 2.56. The second-order valence-electron chi connectivity index (χ2n) is 6.25. The zero-order chi connectivity index (χ0) is 17.0. The maximum Gasteiger partial charge on any atom is 0.191 e. The van der Waals surface area contributed by atoms with E-state index in [1.807, 2.05) is 12.1 Å². The number of nitrogens with one attached hydrogen (secondary N) is 2. The van der Waals surface area contributed by atoms with E-state index in [1.165, 1.54) is 0 Å². The molecule has 0 bridgehead atoms. The van der Waals surface area contributed by atoms with Gasteiger partial charge in [-0.1, -0.05) is 6.92 Å². The monoisotopic (exact) mass is 464 g/mol. The highest BCUT2D eigenvalue weighted by Crippen LogP contribution is 2.00. The van der Waals surface area contributed by atoms with Crippen molar-refractivity contribution >= 4 is 29.9 Å². The number of nitrogens with zero attached hydrogens (tertiary/aromatic N) is 2. The third-order valence-electron chi connectivity index (χ3n) is 4.25.